The molecular weight excluding hydrogens is 425 g/mol. The topological polar surface area (TPSA) is 79.0 Å². The van der Waals surface area contributed by atoms with Crippen LogP contribution in [0.5, 0.6) is 5.75 Å². The number of methoxy groups -OCH3 is 1. The van der Waals surface area contributed by atoms with Gasteiger partial charge in [0.25, 0.3) is 0 Å². The number of anilines is 1. The molecule has 31 heavy (non-hydrogen) atoms. The molecule has 3 fully saturated rings. The number of piperazine rings is 1. The molecule has 4 rings (SSSR count). The molecule has 2 heterocycles. The van der Waals surface area contributed by atoms with Crippen LogP contribution in [0.15, 0.2) is 12.1 Å². The van der Waals surface area contributed by atoms with E-state index in [4.69, 9.17) is 16.3 Å². The van der Waals surface area contributed by atoms with Crippen LogP contribution in [0.3, 0.4) is 0 Å². The summed E-state index contributed by atoms with van der Waals surface area (Å²) in [5, 5.41) is 2.87. The summed E-state index contributed by atoms with van der Waals surface area (Å²) >= 11 is 6.01. The van der Waals surface area contributed by atoms with Gasteiger partial charge in [0.1, 0.15) is 5.54 Å². The summed E-state index contributed by atoms with van der Waals surface area (Å²) in [6, 6.07) is 3.18. The van der Waals surface area contributed by atoms with Crippen molar-refractivity contribution in [3.63, 3.8) is 0 Å². The molecule has 0 radical (unpaired) electrons. The quantitative estimate of drug-likeness (QED) is 0.672. The Hall–Kier alpha value is -2.35. The van der Waals surface area contributed by atoms with E-state index < -0.39 is 11.4 Å². The van der Waals surface area contributed by atoms with E-state index in [1.54, 1.807) is 17.0 Å². The zero-order valence-electron chi connectivity index (χ0n) is 17.7. The number of carbonyl (C=O) groups excluding carboxylic acids is 3. The smallest absolute Gasteiger partial charge is 0.228 e. The standard InChI is InChI=1S/C22H27ClFN3O4/c1-13-12-26(7-8-27(13)15-9-16(23)21(24)17(10-15)31-2)20(30)5-6-22(14-3-4-14)18(28)11-19(29)25-22/h9-10,13-14H,3-8,11-12H2,1-2H3,(H,25,29)/t13-,22-/m0/s1. The Morgan fingerprint density at radius 1 is 1.32 bits per heavy atom. The molecule has 7 nitrogen and oxygen atoms in total. The highest BCUT2D eigenvalue weighted by Crippen LogP contribution is 2.45. The molecule has 1 aliphatic carbocycles. The lowest BCUT2D eigenvalue weighted by atomic mass is 9.85. The summed E-state index contributed by atoms with van der Waals surface area (Å²) in [4.78, 5) is 41.0. The number of Topliss-reactive ketones (excluding diaryl/α,β-unsaturated/α-hetero) is 1. The molecule has 0 unspecified atom stereocenters. The number of hydrogen-bond donors (Lipinski definition) is 1. The average Bonchev–Trinajstić information content (AvgIpc) is 3.54. The summed E-state index contributed by atoms with van der Waals surface area (Å²) in [5.41, 5.74) is -0.100. The third-order valence-electron chi connectivity index (χ3n) is 6.70. The second kappa shape index (κ2) is 8.30. The highest BCUT2D eigenvalue weighted by molar-refractivity contribution is 6.31. The molecule has 2 aliphatic heterocycles. The number of halogens is 2. The molecule has 2 amide bonds. The number of ketones is 1. The second-order valence-electron chi connectivity index (χ2n) is 8.72. The third-order valence-corrected chi connectivity index (χ3v) is 6.98. The molecule has 1 aromatic carbocycles. The molecule has 0 aromatic heterocycles. The molecule has 1 N–H and O–H groups in total. The number of nitrogens with one attached hydrogen (secondary N) is 1. The molecule has 2 atom stereocenters. The number of nitrogens with zero attached hydrogens (tertiary/aromatic N) is 2. The van der Waals surface area contributed by atoms with Gasteiger partial charge in [-0.15, -0.1) is 0 Å². The third kappa shape index (κ3) is 4.10. The van der Waals surface area contributed by atoms with Gasteiger partial charge in [0.05, 0.1) is 18.6 Å². The number of benzene rings is 1. The van der Waals surface area contributed by atoms with Gasteiger partial charge in [-0.1, -0.05) is 11.6 Å². The maximum atomic E-state index is 14.0. The van der Waals surface area contributed by atoms with E-state index in [-0.39, 0.29) is 53.2 Å². The van der Waals surface area contributed by atoms with Crippen molar-refractivity contribution in [1.82, 2.24) is 10.2 Å². The van der Waals surface area contributed by atoms with Crippen LogP contribution in [-0.2, 0) is 14.4 Å². The first-order valence-electron chi connectivity index (χ1n) is 10.7. The Morgan fingerprint density at radius 2 is 2.06 bits per heavy atom. The average molecular weight is 452 g/mol. The predicted molar refractivity (Wildman–Crippen MR) is 114 cm³/mol. The van der Waals surface area contributed by atoms with Crippen LogP contribution in [0, 0.1) is 11.7 Å². The number of ether oxygens (including phenoxy) is 1. The van der Waals surface area contributed by atoms with Crippen LogP contribution in [-0.4, -0.2) is 60.8 Å². The van der Waals surface area contributed by atoms with Crippen molar-refractivity contribution in [2.24, 2.45) is 5.92 Å². The minimum atomic E-state index is -0.846. The van der Waals surface area contributed by atoms with Crippen molar-refractivity contribution in [2.45, 2.75) is 50.6 Å². The number of rotatable bonds is 6. The first-order valence-corrected chi connectivity index (χ1v) is 11.0. The van der Waals surface area contributed by atoms with Crippen molar-refractivity contribution in [1.29, 1.82) is 0 Å². The molecule has 0 spiro atoms. The lowest BCUT2D eigenvalue weighted by molar-refractivity contribution is -0.133. The number of amides is 2. The minimum Gasteiger partial charge on any atom is -0.494 e. The Balaban J connectivity index is 1.39. The number of hydrogen-bond acceptors (Lipinski definition) is 5. The molecule has 0 bridgehead atoms. The van der Waals surface area contributed by atoms with Gasteiger partial charge in [-0.05, 0) is 38.2 Å². The van der Waals surface area contributed by atoms with E-state index >= 15 is 0 Å². The highest BCUT2D eigenvalue weighted by Gasteiger charge is 2.55. The van der Waals surface area contributed by atoms with Crippen LogP contribution in [0.25, 0.3) is 0 Å². The van der Waals surface area contributed by atoms with E-state index in [1.165, 1.54) is 7.11 Å². The van der Waals surface area contributed by atoms with Crippen LogP contribution >= 0.6 is 11.6 Å². The van der Waals surface area contributed by atoms with Crippen molar-refractivity contribution in [3.8, 4) is 5.75 Å². The first-order chi connectivity index (χ1) is 14.7. The lowest BCUT2D eigenvalue weighted by Gasteiger charge is -2.41. The van der Waals surface area contributed by atoms with Gasteiger partial charge >= 0.3 is 0 Å². The van der Waals surface area contributed by atoms with E-state index in [0.717, 1.165) is 18.5 Å². The fourth-order valence-corrected chi connectivity index (χ4v) is 5.08. The van der Waals surface area contributed by atoms with Gasteiger partial charge in [0.2, 0.25) is 11.8 Å². The van der Waals surface area contributed by atoms with Crippen molar-refractivity contribution in [2.75, 3.05) is 31.6 Å². The van der Waals surface area contributed by atoms with Crippen LogP contribution in [0.2, 0.25) is 5.02 Å². The van der Waals surface area contributed by atoms with Crippen LogP contribution < -0.4 is 15.0 Å². The monoisotopic (exact) mass is 451 g/mol. The van der Waals surface area contributed by atoms with E-state index in [2.05, 4.69) is 10.2 Å². The molecule has 1 saturated carbocycles. The largest absolute Gasteiger partial charge is 0.494 e. The maximum Gasteiger partial charge on any atom is 0.228 e. The van der Waals surface area contributed by atoms with E-state index in [0.29, 0.717) is 26.1 Å². The SMILES string of the molecule is COc1cc(N2CCN(C(=O)CC[C@@]3(C4CC4)NC(=O)CC3=O)C[C@@H]2C)cc(Cl)c1F. The van der Waals surface area contributed by atoms with Crippen LogP contribution in [0.4, 0.5) is 10.1 Å². The Morgan fingerprint density at radius 3 is 2.65 bits per heavy atom. The Kier molecular flexibility index (Phi) is 5.85. The van der Waals surface area contributed by atoms with Gasteiger partial charge in [-0.3, -0.25) is 14.4 Å². The van der Waals surface area contributed by atoms with Gasteiger partial charge in [-0.2, -0.15) is 0 Å². The Labute approximate surface area is 185 Å². The Bertz CT molecular complexity index is 922. The molecule has 3 aliphatic rings. The van der Waals surface area contributed by atoms with Gasteiger partial charge in [0, 0.05) is 43.9 Å². The second-order valence-corrected chi connectivity index (χ2v) is 9.13. The summed E-state index contributed by atoms with van der Waals surface area (Å²) < 4.78 is 19.1. The maximum absolute atomic E-state index is 14.0. The van der Waals surface area contributed by atoms with Crippen molar-refractivity contribution >= 4 is 34.9 Å². The summed E-state index contributed by atoms with van der Waals surface area (Å²) in [6.07, 6.45) is 2.34. The molecule has 2 saturated heterocycles. The molecular formula is C22H27ClFN3O4. The molecule has 9 heteroatoms. The van der Waals surface area contributed by atoms with E-state index in [9.17, 15) is 18.8 Å². The zero-order chi connectivity index (χ0) is 22.3. The molecule has 1 aromatic rings. The van der Waals surface area contributed by atoms with Gasteiger partial charge < -0.3 is 19.9 Å². The van der Waals surface area contributed by atoms with E-state index in [1.807, 2.05) is 6.92 Å². The molecule has 168 valence electrons. The fourth-order valence-electron chi connectivity index (χ4n) is 4.87. The van der Waals surface area contributed by atoms with Gasteiger partial charge in [-0.25, -0.2) is 4.39 Å². The first kappa shape index (κ1) is 21.9. The lowest BCUT2D eigenvalue weighted by Crippen LogP contribution is -2.54. The van der Waals surface area contributed by atoms with Crippen molar-refractivity contribution < 1.29 is 23.5 Å². The summed E-state index contributed by atoms with van der Waals surface area (Å²) in [5.74, 6) is -0.675. The highest BCUT2D eigenvalue weighted by atomic mass is 35.5. The zero-order valence-corrected chi connectivity index (χ0v) is 18.5. The van der Waals surface area contributed by atoms with Gasteiger partial charge in [0.15, 0.2) is 17.3 Å². The summed E-state index contributed by atoms with van der Waals surface area (Å²) in [6.45, 7) is 3.58. The minimum absolute atomic E-state index is 0.00542. The number of carbonyl (C=O) groups is 3. The van der Waals surface area contributed by atoms with Crippen molar-refractivity contribution in [3.05, 3.63) is 23.0 Å². The fraction of sp³-hybridized carbons (Fsp3) is 0.591. The summed E-state index contributed by atoms with van der Waals surface area (Å²) in [7, 11) is 1.39. The van der Waals surface area contributed by atoms with Crippen LogP contribution in [0.1, 0.15) is 39.0 Å². The normalized spacial score (nSPS) is 26.3. The predicted octanol–water partition coefficient (Wildman–Crippen LogP) is 2.54.